The lowest BCUT2D eigenvalue weighted by Gasteiger charge is -2.13. The van der Waals surface area contributed by atoms with Crippen molar-refractivity contribution in [3.63, 3.8) is 0 Å². The van der Waals surface area contributed by atoms with Gasteiger partial charge in [0.1, 0.15) is 6.61 Å². The summed E-state index contributed by atoms with van der Waals surface area (Å²) in [6, 6.07) is 17.7. The van der Waals surface area contributed by atoms with Gasteiger partial charge in [0.2, 0.25) is 0 Å². The summed E-state index contributed by atoms with van der Waals surface area (Å²) >= 11 is 6.06. The number of pyridine rings is 2. The molecule has 0 saturated carbocycles. The van der Waals surface area contributed by atoms with Crippen LogP contribution in [0.2, 0.25) is 5.02 Å². The van der Waals surface area contributed by atoms with Crippen LogP contribution >= 0.6 is 11.6 Å². The second-order valence-corrected chi connectivity index (χ2v) is 7.26. The van der Waals surface area contributed by atoms with Crippen LogP contribution in [0.15, 0.2) is 79.3 Å². The number of aromatic nitrogens is 2. The zero-order valence-electron chi connectivity index (χ0n) is 16.9. The predicted octanol–water partition coefficient (Wildman–Crippen LogP) is 4.61. The Balaban J connectivity index is 1.41. The summed E-state index contributed by atoms with van der Waals surface area (Å²) < 4.78 is 5.36. The Bertz CT molecular complexity index is 1260. The number of fused-ring (bicyclic) bond motifs is 1. The van der Waals surface area contributed by atoms with Crippen LogP contribution in [-0.4, -0.2) is 35.0 Å². The maximum atomic E-state index is 12.7. The number of benzene rings is 2. The van der Waals surface area contributed by atoms with Gasteiger partial charge in [-0.15, -0.1) is 0 Å². The van der Waals surface area contributed by atoms with E-state index in [0.29, 0.717) is 21.8 Å². The first-order valence-corrected chi connectivity index (χ1v) is 10.3. The van der Waals surface area contributed by atoms with Gasteiger partial charge in [0.25, 0.3) is 5.91 Å². The van der Waals surface area contributed by atoms with Crippen LogP contribution in [-0.2, 0) is 4.74 Å². The molecule has 7 nitrogen and oxygen atoms in total. The van der Waals surface area contributed by atoms with E-state index < -0.39 is 5.97 Å². The van der Waals surface area contributed by atoms with E-state index >= 15 is 0 Å². The first kappa shape index (κ1) is 21.3. The van der Waals surface area contributed by atoms with Crippen molar-refractivity contribution in [2.45, 2.75) is 0 Å². The molecule has 2 N–H and O–H groups in total. The fourth-order valence-corrected chi connectivity index (χ4v) is 3.30. The van der Waals surface area contributed by atoms with Gasteiger partial charge in [-0.2, -0.15) is 0 Å². The number of esters is 1. The minimum Gasteiger partial charge on any atom is -0.460 e. The highest BCUT2D eigenvalue weighted by molar-refractivity contribution is 6.31. The molecule has 32 heavy (non-hydrogen) atoms. The molecule has 0 fully saturated rings. The van der Waals surface area contributed by atoms with Crippen LogP contribution in [0.25, 0.3) is 10.9 Å². The summed E-state index contributed by atoms with van der Waals surface area (Å²) in [5, 5.41) is 7.45. The number of anilines is 2. The van der Waals surface area contributed by atoms with E-state index in [-0.39, 0.29) is 19.1 Å². The normalized spacial score (nSPS) is 10.5. The van der Waals surface area contributed by atoms with E-state index in [1.54, 1.807) is 54.9 Å². The molecular formula is C24H19ClN4O3. The van der Waals surface area contributed by atoms with Crippen molar-refractivity contribution in [3.8, 4) is 0 Å². The van der Waals surface area contributed by atoms with Crippen LogP contribution in [0.4, 0.5) is 11.4 Å². The molecule has 1 amide bonds. The van der Waals surface area contributed by atoms with Gasteiger partial charge in [-0.05, 0) is 48.5 Å². The Morgan fingerprint density at radius 1 is 0.969 bits per heavy atom. The van der Waals surface area contributed by atoms with E-state index in [1.807, 2.05) is 18.2 Å². The van der Waals surface area contributed by atoms with Gasteiger partial charge >= 0.3 is 5.97 Å². The summed E-state index contributed by atoms with van der Waals surface area (Å²) in [6.45, 7) is 0.223. The third kappa shape index (κ3) is 5.01. The molecule has 4 rings (SSSR count). The molecule has 0 saturated heterocycles. The lowest BCUT2D eigenvalue weighted by Crippen LogP contribution is -2.28. The number of nitrogens with one attached hydrogen (secondary N) is 2. The van der Waals surface area contributed by atoms with Crippen LogP contribution in [0.5, 0.6) is 0 Å². The molecule has 2 heterocycles. The molecule has 0 spiro atoms. The van der Waals surface area contributed by atoms with E-state index in [0.717, 1.165) is 16.6 Å². The molecule has 0 radical (unpaired) electrons. The number of ether oxygens (including phenoxy) is 1. The van der Waals surface area contributed by atoms with Gasteiger partial charge in [0, 0.05) is 34.7 Å². The van der Waals surface area contributed by atoms with Gasteiger partial charge in [-0.25, -0.2) is 4.79 Å². The monoisotopic (exact) mass is 446 g/mol. The molecule has 160 valence electrons. The van der Waals surface area contributed by atoms with Gasteiger partial charge < -0.3 is 15.4 Å². The molecule has 2 aromatic carbocycles. The number of hydrogen-bond donors (Lipinski definition) is 2. The number of amides is 1. The number of carbonyl (C=O) groups is 2. The Kier molecular flexibility index (Phi) is 6.57. The largest absolute Gasteiger partial charge is 0.460 e. The SMILES string of the molecule is O=C(NCCOC(=O)c1ccccc1Nc1ccnc2cc(Cl)ccc12)c1cccnc1. The molecule has 4 aromatic rings. The molecule has 2 aromatic heterocycles. The fourth-order valence-electron chi connectivity index (χ4n) is 3.13. The second-order valence-electron chi connectivity index (χ2n) is 6.82. The number of halogens is 1. The highest BCUT2D eigenvalue weighted by Gasteiger charge is 2.14. The lowest BCUT2D eigenvalue weighted by atomic mass is 10.1. The highest BCUT2D eigenvalue weighted by atomic mass is 35.5. The fraction of sp³-hybridized carbons (Fsp3) is 0.0833. The van der Waals surface area contributed by atoms with Crippen LogP contribution in [0.1, 0.15) is 20.7 Å². The zero-order valence-corrected chi connectivity index (χ0v) is 17.7. The number of nitrogens with zero attached hydrogens (tertiary/aromatic N) is 2. The summed E-state index contributed by atoms with van der Waals surface area (Å²) in [4.78, 5) is 32.9. The third-order valence-electron chi connectivity index (χ3n) is 4.67. The average molecular weight is 447 g/mol. The number of para-hydroxylation sites is 1. The molecular weight excluding hydrogens is 428 g/mol. The van der Waals surface area contributed by atoms with E-state index in [9.17, 15) is 9.59 Å². The van der Waals surface area contributed by atoms with Gasteiger partial charge in [0.05, 0.1) is 28.9 Å². The highest BCUT2D eigenvalue weighted by Crippen LogP contribution is 2.28. The maximum Gasteiger partial charge on any atom is 0.340 e. The quantitative estimate of drug-likeness (QED) is 0.318. The Morgan fingerprint density at radius 2 is 1.84 bits per heavy atom. The Hall–Kier alpha value is -3.97. The van der Waals surface area contributed by atoms with E-state index in [1.165, 1.54) is 6.20 Å². The van der Waals surface area contributed by atoms with Crippen LogP contribution in [0, 0.1) is 0 Å². The number of carbonyl (C=O) groups excluding carboxylic acids is 2. The predicted molar refractivity (Wildman–Crippen MR) is 123 cm³/mol. The zero-order chi connectivity index (χ0) is 22.3. The van der Waals surface area contributed by atoms with Crippen molar-refractivity contribution in [1.82, 2.24) is 15.3 Å². The van der Waals surface area contributed by atoms with Gasteiger partial charge in [-0.3, -0.25) is 14.8 Å². The third-order valence-corrected chi connectivity index (χ3v) is 4.90. The van der Waals surface area contributed by atoms with Crippen LogP contribution < -0.4 is 10.6 Å². The Morgan fingerprint density at radius 3 is 2.69 bits per heavy atom. The summed E-state index contributed by atoms with van der Waals surface area (Å²) in [6.07, 6.45) is 4.74. The number of rotatable bonds is 7. The summed E-state index contributed by atoms with van der Waals surface area (Å²) in [5.41, 5.74) is 2.95. The average Bonchev–Trinajstić information content (AvgIpc) is 2.82. The lowest BCUT2D eigenvalue weighted by molar-refractivity contribution is 0.0504. The smallest absolute Gasteiger partial charge is 0.340 e. The first-order valence-electron chi connectivity index (χ1n) is 9.87. The van der Waals surface area contributed by atoms with Crippen molar-refractivity contribution in [3.05, 3.63) is 95.4 Å². The Labute approximate surface area is 189 Å². The molecule has 0 aliphatic carbocycles. The number of hydrogen-bond acceptors (Lipinski definition) is 6. The van der Waals surface area contributed by atoms with E-state index in [2.05, 4.69) is 20.6 Å². The molecule has 8 heteroatoms. The molecule has 0 aliphatic rings. The van der Waals surface area contributed by atoms with Crippen LogP contribution in [0.3, 0.4) is 0 Å². The van der Waals surface area contributed by atoms with Crippen molar-refractivity contribution < 1.29 is 14.3 Å². The van der Waals surface area contributed by atoms with Crippen molar-refractivity contribution in [2.75, 3.05) is 18.5 Å². The maximum absolute atomic E-state index is 12.7. The standard InChI is InChI=1S/C24H19ClN4O3/c25-17-7-8-18-21(9-11-27-22(18)14-17)29-20-6-2-1-5-19(20)24(31)32-13-12-28-23(30)16-4-3-10-26-15-16/h1-11,14-15H,12-13H2,(H,27,29)(H,28,30). The summed E-state index contributed by atoms with van der Waals surface area (Å²) in [5.74, 6) is -0.772. The topological polar surface area (TPSA) is 93.2 Å². The minimum atomic E-state index is -0.495. The molecule has 0 atom stereocenters. The van der Waals surface area contributed by atoms with Gasteiger partial charge in [-0.1, -0.05) is 23.7 Å². The van der Waals surface area contributed by atoms with Crippen molar-refractivity contribution in [2.24, 2.45) is 0 Å². The first-order chi connectivity index (χ1) is 15.6. The molecule has 0 aliphatic heterocycles. The van der Waals surface area contributed by atoms with E-state index in [4.69, 9.17) is 16.3 Å². The van der Waals surface area contributed by atoms with Crippen molar-refractivity contribution >= 4 is 45.8 Å². The van der Waals surface area contributed by atoms with Crippen molar-refractivity contribution in [1.29, 1.82) is 0 Å². The summed E-state index contributed by atoms with van der Waals surface area (Å²) in [7, 11) is 0. The molecule has 0 unspecified atom stereocenters. The minimum absolute atomic E-state index is 0.0376. The molecule has 0 bridgehead atoms. The second kappa shape index (κ2) is 9.89. The van der Waals surface area contributed by atoms with Gasteiger partial charge in [0.15, 0.2) is 0 Å².